The van der Waals surface area contributed by atoms with Crippen LogP contribution in [0.4, 0.5) is 0 Å². The van der Waals surface area contributed by atoms with Gasteiger partial charge in [-0.2, -0.15) is 0 Å². The van der Waals surface area contributed by atoms with Crippen molar-refractivity contribution in [3.05, 3.63) is 71.2 Å². The molecule has 0 bridgehead atoms. The third kappa shape index (κ3) is 4.28. The van der Waals surface area contributed by atoms with Crippen LogP contribution in [0.1, 0.15) is 36.3 Å². The van der Waals surface area contributed by atoms with Crippen molar-refractivity contribution in [3.8, 4) is 5.75 Å². The molecule has 0 saturated carbocycles. The van der Waals surface area contributed by atoms with Crippen LogP contribution in [0.5, 0.6) is 5.75 Å². The number of carbonyl (C=O) groups is 2. The van der Waals surface area contributed by atoms with Crippen LogP contribution in [-0.4, -0.2) is 69.8 Å². The van der Waals surface area contributed by atoms with E-state index < -0.39 is 17.7 Å². The van der Waals surface area contributed by atoms with Crippen LogP contribution in [0.25, 0.3) is 11.4 Å². The second kappa shape index (κ2) is 9.69. The van der Waals surface area contributed by atoms with Crippen molar-refractivity contribution in [1.29, 1.82) is 0 Å². The molecular formula is C26H30N4O4. The molecule has 178 valence electrons. The van der Waals surface area contributed by atoms with Gasteiger partial charge in [0.15, 0.2) is 5.76 Å². The average Bonchev–Trinajstić information content (AvgIpc) is 3.29. The van der Waals surface area contributed by atoms with E-state index in [0.717, 1.165) is 6.42 Å². The number of ether oxygens (including phenoxy) is 1. The highest BCUT2D eigenvalue weighted by molar-refractivity contribution is 6.46. The molecule has 1 amide bonds. The van der Waals surface area contributed by atoms with Gasteiger partial charge in [-0.05, 0) is 57.3 Å². The Morgan fingerprint density at radius 3 is 2.71 bits per heavy atom. The van der Waals surface area contributed by atoms with Crippen LogP contribution in [-0.2, 0) is 9.59 Å². The maximum absolute atomic E-state index is 13.3. The Bertz CT molecular complexity index is 1260. The summed E-state index contributed by atoms with van der Waals surface area (Å²) >= 11 is 0. The zero-order valence-corrected chi connectivity index (χ0v) is 20.0. The summed E-state index contributed by atoms with van der Waals surface area (Å²) in [4.78, 5) is 34.4. The fraction of sp³-hybridized carbons (Fsp3) is 0.346. The normalized spacial score (nSPS) is 17.8. The number of rotatable bonds is 8. The van der Waals surface area contributed by atoms with Gasteiger partial charge >= 0.3 is 0 Å². The molecule has 34 heavy (non-hydrogen) atoms. The molecule has 3 aromatic rings. The summed E-state index contributed by atoms with van der Waals surface area (Å²) < 4.78 is 7.53. The predicted octanol–water partition coefficient (Wildman–Crippen LogP) is 3.41. The van der Waals surface area contributed by atoms with Gasteiger partial charge in [0.1, 0.15) is 17.1 Å². The summed E-state index contributed by atoms with van der Waals surface area (Å²) in [5.41, 5.74) is 2.39. The summed E-state index contributed by atoms with van der Waals surface area (Å²) in [6.45, 7) is 5.28. The lowest BCUT2D eigenvalue weighted by Gasteiger charge is -2.27. The second-order valence-corrected chi connectivity index (χ2v) is 8.69. The first-order valence-electron chi connectivity index (χ1n) is 11.4. The first-order valence-corrected chi connectivity index (χ1v) is 11.4. The van der Waals surface area contributed by atoms with E-state index in [2.05, 4.69) is 4.98 Å². The Morgan fingerprint density at radius 1 is 1.18 bits per heavy atom. The number of aryl methyl sites for hydroxylation is 1. The van der Waals surface area contributed by atoms with Crippen LogP contribution in [0.2, 0.25) is 0 Å². The van der Waals surface area contributed by atoms with E-state index >= 15 is 0 Å². The molecule has 1 aliphatic heterocycles. The van der Waals surface area contributed by atoms with Crippen LogP contribution in [0.3, 0.4) is 0 Å². The number of aliphatic hydroxyl groups is 1. The molecule has 0 aliphatic carbocycles. The largest absolute Gasteiger partial charge is 0.505 e. The number of amides is 1. The fourth-order valence-electron chi connectivity index (χ4n) is 4.29. The smallest absolute Gasteiger partial charge is 0.295 e. The number of carbonyl (C=O) groups excluding carboxylic acids is 2. The lowest BCUT2D eigenvalue weighted by Crippen LogP contribution is -2.35. The Labute approximate surface area is 199 Å². The summed E-state index contributed by atoms with van der Waals surface area (Å²) in [5.74, 6) is -0.901. The average molecular weight is 463 g/mol. The van der Waals surface area contributed by atoms with Gasteiger partial charge < -0.3 is 19.6 Å². The maximum atomic E-state index is 13.3. The molecule has 1 aliphatic rings. The highest BCUT2D eigenvalue weighted by atomic mass is 16.5. The molecule has 1 unspecified atom stereocenters. The molecule has 2 aromatic heterocycles. The van der Waals surface area contributed by atoms with Gasteiger partial charge in [-0.15, -0.1) is 0 Å². The van der Waals surface area contributed by atoms with Gasteiger partial charge in [-0.3, -0.25) is 14.0 Å². The third-order valence-corrected chi connectivity index (χ3v) is 5.90. The predicted molar refractivity (Wildman–Crippen MR) is 130 cm³/mol. The Kier molecular flexibility index (Phi) is 6.70. The minimum absolute atomic E-state index is 0.0603. The van der Waals surface area contributed by atoms with E-state index in [1.54, 1.807) is 17.5 Å². The number of likely N-dealkylation sites (N-methyl/N-ethyl adjacent to an activating group) is 1. The van der Waals surface area contributed by atoms with Crippen LogP contribution in [0.15, 0.2) is 54.2 Å². The van der Waals surface area contributed by atoms with Crippen molar-refractivity contribution in [2.24, 2.45) is 0 Å². The van der Waals surface area contributed by atoms with Crippen molar-refractivity contribution < 1.29 is 19.4 Å². The summed E-state index contributed by atoms with van der Waals surface area (Å²) in [5, 5.41) is 11.5. The Hall–Kier alpha value is -3.65. The molecular weight excluding hydrogens is 432 g/mol. The van der Waals surface area contributed by atoms with E-state index in [4.69, 9.17) is 4.74 Å². The molecule has 1 fully saturated rings. The number of hydrogen-bond acceptors (Lipinski definition) is 6. The number of likely N-dealkylation sites (tertiary alicyclic amines) is 1. The van der Waals surface area contributed by atoms with E-state index in [0.29, 0.717) is 48.0 Å². The minimum Gasteiger partial charge on any atom is -0.505 e. The molecule has 1 saturated heterocycles. The summed E-state index contributed by atoms with van der Waals surface area (Å²) in [7, 11) is 3.82. The van der Waals surface area contributed by atoms with Gasteiger partial charge in [-0.25, -0.2) is 4.98 Å². The quantitative estimate of drug-likeness (QED) is 0.314. The monoisotopic (exact) mass is 462 g/mol. The first kappa shape index (κ1) is 23.5. The summed E-state index contributed by atoms with van der Waals surface area (Å²) in [6, 6.07) is 12.1. The number of ketones is 1. The first-order chi connectivity index (χ1) is 16.3. The third-order valence-electron chi connectivity index (χ3n) is 5.90. The molecule has 3 heterocycles. The zero-order chi connectivity index (χ0) is 24.4. The van der Waals surface area contributed by atoms with E-state index in [1.807, 2.05) is 68.4 Å². The number of aromatic nitrogens is 2. The molecule has 0 radical (unpaired) electrons. The SMILES string of the molecule is CCCOc1cccc(C2C(=C(O)c3c(C)nc4ccccn34)C(=O)C(=O)N2CCN(C)C)c1. The number of benzene rings is 1. The van der Waals surface area contributed by atoms with Crippen LogP contribution < -0.4 is 4.74 Å². The van der Waals surface area contributed by atoms with Crippen molar-refractivity contribution in [1.82, 2.24) is 19.2 Å². The van der Waals surface area contributed by atoms with Gasteiger partial charge in [0.2, 0.25) is 0 Å². The van der Waals surface area contributed by atoms with Crippen molar-refractivity contribution in [2.45, 2.75) is 26.3 Å². The topological polar surface area (TPSA) is 87.4 Å². The number of pyridine rings is 1. The van der Waals surface area contributed by atoms with Gasteiger partial charge in [-0.1, -0.05) is 25.1 Å². The number of imidazole rings is 1. The number of nitrogens with zero attached hydrogens (tertiary/aromatic N) is 4. The van der Waals surface area contributed by atoms with Gasteiger partial charge in [0.25, 0.3) is 11.7 Å². The molecule has 0 spiro atoms. The number of Topliss-reactive ketones (excluding diaryl/α,β-unsaturated/α-hetero) is 1. The highest BCUT2D eigenvalue weighted by Gasteiger charge is 2.46. The Balaban J connectivity index is 1.89. The standard InChI is InChI=1S/C26H30N4O4/c1-5-15-34-19-10-8-9-18(16-19)23-21(25(32)26(33)30(23)14-13-28(3)4)24(31)22-17(2)27-20-11-6-7-12-29(20)22/h6-12,16,23,31H,5,13-15H2,1-4H3. The Morgan fingerprint density at radius 2 is 1.97 bits per heavy atom. The molecule has 1 atom stereocenters. The highest BCUT2D eigenvalue weighted by Crippen LogP contribution is 2.40. The summed E-state index contributed by atoms with van der Waals surface area (Å²) in [6.07, 6.45) is 2.64. The van der Waals surface area contributed by atoms with Crippen LogP contribution in [0, 0.1) is 6.92 Å². The molecule has 1 N–H and O–H groups in total. The van der Waals surface area contributed by atoms with Crippen molar-refractivity contribution in [2.75, 3.05) is 33.8 Å². The van der Waals surface area contributed by atoms with Gasteiger partial charge in [0, 0.05) is 19.3 Å². The maximum Gasteiger partial charge on any atom is 0.295 e. The van der Waals surface area contributed by atoms with E-state index in [1.165, 1.54) is 4.90 Å². The van der Waals surface area contributed by atoms with E-state index in [-0.39, 0.29) is 11.3 Å². The number of hydrogen-bond donors (Lipinski definition) is 1. The van der Waals surface area contributed by atoms with Gasteiger partial charge in [0.05, 0.1) is 23.9 Å². The van der Waals surface area contributed by atoms with Crippen molar-refractivity contribution in [3.63, 3.8) is 0 Å². The molecule has 4 rings (SSSR count). The lowest BCUT2D eigenvalue weighted by atomic mass is 9.96. The fourth-order valence-corrected chi connectivity index (χ4v) is 4.29. The number of aliphatic hydroxyl groups excluding tert-OH is 1. The molecule has 8 heteroatoms. The lowest BCUT2D eigenvalue weighted by molar-refractivity contribution is -0.140. The minimum atomic E-state index is -0.737. The molecule has 1 aromatic carbocycles. The van der Waals surface area contributed by atoms with E-state index in [9.17, 15) is 14.7 Å². The zero-order valence-electron chi connectivity index (χ0n) is 20.0. The number of fused-ring (bicyclic) bond motifs is 1. The van der Waals surface area contributed by atoms with Crippen LogP contribution >= 0.6 is 0 Å². The van der Waals surface area contributed by atoms with Crippen molar-refractivity contribution >= 4 is 23.1 Å². The molecule has 8 nitrogen and oxygen atoms in total. The second-order valence-electron chi connectivity index (χ2n) is 8.69.